The smallest absolute Gasteiger partial charge is 0.160 e. The number of hydrogen-bond acceptors (Lipinski definition) is 3. The number of ketones is 1. The molecular formula is C8H12O3. The van der Waals surface area contributed by atoms with Gasteiger partial charge in [-0.3, -0.25) is 4.79 Å². The molecule has 0 amide bonds. The SMILES string of the molecule is [CH]OCC(O)CC(=O)C(=C)C. The van der Waals surface area contributed by atoms with Crippen molar-refractivity contribution in [3.63, 3.8) is 0 Å². The summed E-state index contributed by atoms with van der Waals surface area (Å²) in [5.41, 5.74) is 0.432. The monoisotopic (exact) mass is 156 g/mol. The van der Waals surface area contributed by atoms with Gasteiger partial charge in [0.05, 0.1) is 12.7 Å². The molecule has 3 nitrogen and oxygen atoms in total. The maximum Gasteiger partial charge on any atom is 0.160 e. The van der Waals surface area contributed by atoms with Crippen LogP contribution in [0.15, 0.2) is 12.2 Å². The lowest BCUT2D eigenvalue weighted by atomic mass is 10.1. The first-order valence-corrected chi connectivity index (χ1v) is 3.26. The molecule has 1 N–H and O–H groups in total. The van der Waals surface area contributed by atoms with Crippen LogP contribution in [0.2, 0.25) is 0 Å². The molecule has 0 aromatic heterocycles. The molecule has 0 aliphatic rings. The highest BCUT2D eigenvalue weighted by atomic mass is 16.5. The van der Waals surface area contributed by atoms with Crippen molar-refractivity contribution in [2.75, 3.05) is 6.61 Å². The summed E-state index contributed by atoms with van der Waals surface area (Å²) in [5.74, 6) is -0.172. The zero-order chi connectivity index (χ0) is 8.85. The molecule has 0 saturated carbocycles. The molecule has 2 radical (unpaired) electrons. The summed E-state index contributed by atoms with van der Waals surface area (Å²) in [6, 6.07) is 0. The highest BCUT2D eigenvalue weighted by molar-refractivity contribution is 5.94. The van der Waals surface area contributed by atoms with Crippen LogP contribution in [0.1, 0.15) is 13.3 Å². The minimum Gasteiger partial charge on any atom is -0.390 e. The fourth-order valence-corrected chi connectivity index (χ4v) is 0.558. The number of allylic oxidation sites excluding steroid dienone is 1. The number of carbonyl (C=O) groups is 1. The molecular weight excluding hydrogens is 144 g/mol. The normalized spacial score (nSPS) is 12.6. The maximum atomic E-state index is 10.9. The Labute approximate surface area is 66.7 Å². The van der Waals surface area contributed by atoms with E-state index in [1.54, 1.807) is 6.92 Å². The van der Waals surface area contributed by atoms with Crippen LogP contribution < -0.4 is 0 Å². The topological polar surface area (TPSA) is 46.5 Å². The van der Waals surface area contributed by atoms with E-state index < -0.39 is 6.10 Å². The summed E-state index contributed by atoms with van der Waals surface area (Å²) in [7, 11) is 4.69. The van der Waals surface area contributed by atoms with Crippen molar-refractivity contribution in [1.29, 1.82) is 0 Å². The second-order valence-corrected chi connectivity index (χ2v) is 2.39. The summed E-state index contributed by atoms with van der Waals surface area (Å²) in [4.78, 5) is 10.9. The van der Waals surface area contributed by atoms with Crippen molar-refractivity contribution in [1.82, 2.24) is 0 Å². The Morgan fingerprint density at radius 1 is 1.82 bits per heavy atom. The molecule has 62 valence electrons. The minimum atomic E-state index is -0.829. The third kappa shape index (κ3) is 4.70. The number of aliphatic hydroxyl groups excluding tert-OH is 1. The zero-order valence-electron chi connectivity index (χ0n) is 6.54. The van der Waals surface area contributed by atoms with Gasteiger partial charge < -0.3 is 9.84 Å². The molecule has 3 heteroatoms. The molecule has 0 aliphatic carbocycles. The first-order valence-electron chi connectivity index (χ1n) is 3.26. The first kappa shape index (κ1) is 10.3. The summed E-state index contributed by atoms with van der Waals surface area (Å²) in [6.07, 6.45) is -0.809. The third-order valence-electron chi connectivity index (χ3n) is 1.19. The second-order valence-electron chi connectivity index (χ2n) is 2.39. The van der Waals surface area contributed by atoms with Crippen LogP contribution in [0.5, 0.6) is 0 Å². The van der Waals surface area contributed by atoms with Crippen LogP contribution in [-0.2, 0) is 9.53 Å². The van der Waals surface area contributed by atoms with E-state index in [1.165, 1.54) is 0 Å². The average Bonchev–Trinajstić information content (AvgIpc) is 1.87. The molecule has 0 spiro atoms. The van der Waals surface area contributed by atoms with Crippen LogP contribution in [0.25, 0.3) is 0 Å². The van der Waals surface area contributed by atoms with Crippen LogP contribution in [0.3, 0.4) is 0 Å². The predicted octanol–water partition coefficient (Wildman–Crippen LogP) is 0.568. The van der Waals surface area contributed by atoms with Crippen LogP contribution >= 0.6 is 0 Å². The summed E-state index contributed by atoms with van der Waals surface area (Å²) in [6.45, 7) is 5.00. The van der Waals surface area contributed by atoms with Gasteiger partial charge in [0.1, 0.15) is 7.11 Å². The van der Waals surface area contributed by atoms with Crippen molar-refractivity contribution in [2.24, 2.45) is 0 Å². The van der Waals surface area contributed by atoms with Gasteiger partial charge in [0, 0.05) is 6.42 Å². The molecule has 1 unspecified atom stereocenters. The molecule has 0 aromatic carbocycles. The Morgan fingerprint density at radius 3 is 2.73 bits per heavy atom. The van der Waals surface area contributed by atoms with Crippen LogP contribution in [-0.4, -0.2) is 23.6 Å². The number of hydrogen-bond donors (Lipinski definition) is 1. The van der Waals surface area contributed by atoms with Crippen molar-refractivity contribution in [2.45, 2.75) is 19.4 Å². The van der Waals surface area contributed by atoms with Crippen molar-refractivity contribution in [3.8, 4) is 0 Å². The Bertz CT molecular complexity index is 151. The van der Waals surface area contributed by atoms with Crippen LogP contribution in [0, 0.1) is 7.11 Å². The number of Topliss-reactive ketones (excluding diaryl/α,β-unsaturated/α-hetero) is 1. The Morgan fingerprint density at radius 2 is 2.36 bits per heavy atom. The molecule has 0 rings (SSSR count). The maximum absolute atomic E-state index is 10.9. The van der Waals surface area contributed by atoms with Gasteiger partial charge in [-0.1, -0.05) is 6.58 Å². The number of carbonyl (C=O) groups excluding carboxylic acids is 1. The Balaban J connectivity index is 3.66. The van der Waals surface area contributed by atoms with Gasteiger partial charge in [0.2, 0.25) is 0 Å². The van der Waals surface area contributed by atoms with E-state index in [4.69, 9.17) is 5.11 Å². The summed E-state index contributed by atoms with van der Waals surface area (Å²) >= 11 is 0. The molecule has 0 bridgehead atoms. The van der Waals surface area contributed by atoms with E-state index in [9.17, 15) is 4.79 Å². The van der Waals surface area contributed by atoms with Gasteiger partial charge in [-0.25, -0.2) is 0 Å². The van der Waals surface area contributed by atoms with Gasteiger partial charge in [-0.15, -0.1) is 0 Å². The zero-order valence-corrected chi connectivity index (χ0v) is 6.54. The van der Waals surface area contributed by atoms with E-state index in [2.05, 4.69) is 18.4 Å². The van der Waals surface area contributed by atoms with Gasteiger partial charge >= 0.3 is 0 Å². The van der Waals surface area contributed by atoms with E-state index in [0.717, 1.165) is 0 Å². The standard InChI is InChI=1S/C8H12O3/c1-6(2)8(10)4-7(9)5-11-3/h3,7,9H,1,4-5H2,2H3. The largest absolute Gasteiger partial charge is 0.390 e. The van der Waals surface area contributed by atoms with E-state index >= 15 is 0 Å². The van der Waals surface area contributed by atoms with E-state index in [-0.39, 0.29) is 18.8 Å². The molecule has 0 saturated heterocycles. The number of rotatable bonds is 5. The molecule has 1 atom stereocenters. The van der Waals surface area contributed by atoms with Gasteiger partial charge in [0.25, 0.3) is 0 Å². The number of aliphatic hydroxyl groups is 1. The second kappa shape index (κ2) is 5.04. The van der Waals surface area contributed by atoms with Gasteiger partial charge in [0.15, 0.2) is 5.78 Å². The lowest BCUT2D eigenvalue weighted by molar-refractivity contribution is -0.117. The molecule has 0 fully saturated rings. The molecule has 11 heavy (non-hydrogen) atoms. The van der Waals surface area contributed by atoms with E-state index in [1.807, 2.05) is 0 Å². The molecule has 0 heterocycles. The summed E-state index contributed by atoms with van der Waals surface area (Å²) < 4.78 is 4.15. The minimum absolute atomic E-state index is 0.0204. The quantitative estimate of drug-likeness (QED) is 0.592. The fourth-order valence-electron chi connectivity index (χ4n) is 0.558. The fraction of sp³-hybridized carbons (Fsp3) is 0.500. The van der Waals surface area contributed by atoms with Gasteiger partial charge in [-0.05, 0) is 12.5 Å². The Kier molecular flexibility index (Phi) is 4.74. The molecule has 0 aromatic rings. The van der Waals surface area contributed by atoms with Crippen molar-refractivity contribution < 1.29 is 14.6 Å². The highest BCUT2D eigenvalue weighted by Crippen LogP contribution is 2.00. The number of ether oxygens (including phenoxy) is 1. The summed E-state index contributed by atoms with van der Waals surface area (Å²) in [5, 5.41) is 9.00. The van der Waals surface area contributed by atoms with Crippen molar-refractivity contribution in [3.05, 3.63) is 19.3 Å². The van der Waals surface area contributed by atoms with Gasteiger partial charge in [-0.2, -0.15) is 0 Å². The third-order valence-corrected chi connectivity index (χ3v) is 1.19. The molecule has 0 aliphatic heterocycles. The van der Waals surface area contributed by atoms with Crippen molar-refractivity contribution >= 4 is 5.78 Å². The highest BCUT2D eigenvalue weighted by Gasteiger charge is 2.10. The van der Waals surface area contributed by atoms with E-state index in [0.29, 0.717) is 5.57 Å². The predicted molar refractivity (Wildman–Crippen MR) is 40.7 cm³/mol. The lowest BCUT2D eigenvalue weighted by Gasteiger charge is -2.06. The average molecular weight is 156 g/mol. The Hall–Kier alpha value is -0.670. The first-order chi connectivity index (χ1) is 5.07. The van der Waals surface area contributed by atoms with Crippen LogP contribution in [0.4, 0.5) is 0 Å². The lowest BCUT2D eigenvalue weighted by Crippen LogP contribution is -2.18.